The third-order valence-electron chi connectivity index (χ3n) is 4.84. The van der Waals surface area contributed by atoms with Crippen molar-refractivity contribution >= 4 is 17.7 Å². The van der Waals surface area contributed by atoms with E-state index in [-0.39, 0.29) is 29.3 Å². The quantitative estimate of drug-likeness (QED) is 0.641. The number of carbonyl (C=O) groups is 1. The summed E-state index contributed by atoms with van der Waals surface area (Å²) >= 11 is 1.43. The molecule has 0 aliphatic carbocycles. The van der Waals surface area contributed by atoms with E-state index in [4.69, 9.17) is 4.52 Å². The SMILES string of the molecule is CC(C)(C)c1cc(=O)n2c(n1)SCC(C(=O)NCc1nc(-c3ccccc3)no1)C2. The molecule has 1 amide bonds. The Morgan fingerprint density at radius 2 is 2.03 bits per heavy atom. The number of rotatable bonds is 4. The maximum Gasteiger partial charge on any atom is 0.254 e. The van der Waals surface area contributed by atoms with Crippen LogP contribution in [0.25, 0.3) is 11.4 Å². The van der Waals surface area contributed by atoms with Gasteiger partial charge >= 0.3 is 0 Å². The molecule has 0 spiro atoms. The van der Waals surface area contributed by atoms with Gasteiger partial charge in [-0.3, -0.25) is 14.2 Å². The summed E-state index contributed by atoms with van der Waals surface area (Å²) in [5.74, 6) is 0.887. The molecule has 1 aliphatic rings. The van der Waals surface area contributed by atoms with Crippen molar-refractivity contribution in [3.8, 4) is 11.4 Å². The van der Waals surface area contributed by atoms with Gasteiger partial charge in [0.05, 0.1) is 18.2 Å². The van der Waals surface area contributed by atoms with Crippen LogP contribution in [0.1, 0.15) is 32.4 Å². The number of thioether (sulfide) groups is 1. The molecule has 9 heteroatoms. The lowest BCUT2D eigenvalue weighted by Crippen LogP contribution is -2.40. The van der Waals surface area contributed by atoms with Gasteiger partial charge in [0.2, 0.25) is 17.6 Å². The summed E-state index contributed by atoms with van der Waals surface area (Å²) in [7, 11) is 0. The van der Waals surface area contributed by atoms with Gasteiger partial charge < -0.3 is 9.84 Å². The Labute approximate surface area is 178 Å². The van der Waals surface area contributed by atoms with Crippen LogP contribution in [-0.4, -0.2) is 31.4 Å². The molecule has 8 nitrogen and oxygen atoms in total. The number of aromatic nitrogens is 4. The van der Waals surface area contributed by atoms with Gasteiger partial charge in [0.1, 0.15) is 0 Å². The number of carbonyl (C=O) groups excluding carboxylic acids is 1. The molecule has 1 atom stereocenters. The number of amides is 1. The van der Waals surface area contributed by atoms with Gasteiger partial charge in [-0.2, -0.15) is 4.98 Å². The molecule has 1 unspecified atom stereocenters. The van der Waals surface area contributed by atoms with Crippen molar-refractivity contribution in [2.45, 2.75) is 44.4 Å². The van der Waals surface area contributed by atoms with Crippen molar-refractivity contribution in [3.05, 3.63) is 58.3 Å². The molecule has 4 rings (SSSR count). The van der Waals surface area contributed by atoms with Crippen molar-refractivity contribution in [2.75, 3.05) is 5.75 Å². The normalized spacial score (nSPS) is 16.2. The van der Waals surface area contributed by atoms with Gasteiger partial charge in [-0.25, -0.2) is 4.98 Å². The van der Waals surface area contributed by atoms with Crippen molar-refractivity contribution in [1.29, 1.82) is 0 Å². The molecule has 3 aromatic rings. The fourth-order valence-electron chi connectivity index (χ4n) is 3.09. The lowest BCUT2D eigenvalue weighted by atomic mass is 9.92. The van der Waals surface area contributed by atoms with Gasteiger partial charge in [-0.15, -0.1) is 0 Å². The van der Waals surface area contributed by atoms with Gasteiger partial charge in [-0.1, -0.05) is 68.0 Å². The van der Waals surface area contributed by atoms with Crippen LogP contribution < -0.4 is 10.9 Å². The minimum Gasteiger partial charge on any atom is -0.347 e. The highest BCUT2D eigenvalue weighted by Gasteiger charge is 2.28. The fourth-order valence-corrected chi connectivity index (χ4v) is 4.18. The molecule has 30 heavy (non-hydrogen) atoms. The molecule has 1 aliphatic heterocycles. The van der Waals surface area contributed by atoms with Crippen LogP contribution in [0, 0.1) is 5.92 Å². The van der Waals surface area contributed by atoms with Crippen molar-refractivity contribution < 1.29 is 9.32 Å². The van der Waals surface area contributed by atoms with Crippen molar-refractivity contribution in [2.24, 2.45) is 5.92 Å². The first kappa shape index (κ1) is 20.3. The maximum atomic E-state index is 12.6. The smallest absolute Gasteiger partial charge is 0.254 e. The molecular formula is C21H23N5O3S. The third-order valence-corrected chi connectivity index (χ3v) is 5.98. The second-order valence-electron chi connectivity index (χ2n) is 8.23. The van der Waals surface area contributed by atoms with Gasteiger partial charge in [0.25, 0.3) is 5.56 Å². The number of hydrogen-bond donors (Lipinski definition) is 1. The number of nitrogens with zero attached hydrogens (tertiary/aromatic N) is 4. The predicted octanol–water partition coefficient (Wildman–Crippen LogP) is 2.63. The van der Waals surface area contributed by atoms with Crippen LogP contribution in [0.2, 0.25) is 0 Å². The van der Waals surface area contributed by atoms with Gasteiger partial charge in [-0.05, 0) is 0 Å². The summed E-state index contributed by atoms with van der Waals surface area (Å²) < 4.78 is 6.81. The minimum atomic E-state index is -0.334. The second-order valence-corrected chi connectivity index (χ2v) is 9.21. The molecule has 1 aromatic carbocycles. The number of hydrogen-bond acceptors (Lipinski definition) is 7. The second kappa shape index (κ2) is 8.06. The summed E-state index contributed by atoms with van der Waals surface area (Å²) in [5, 5.41) is 7.45. The van der Waals surface area contributed by atoms with E-state index in [1.54, 1.807) is 10.6 Å². The molecule has 0 radical (unpaired) electrons. The van der Waals surface area contributed by atoms with Crippen LogP contribution in [0.15, 0.2) is 50.9 Å². The fraction of sp³-hybridized carbons (Fsp3) is 0.381. The molecule has 0 bridgehead atoms. The molecule has 0 fully saturated rings. The van der Waals surface area contributed by atoms with E-state index < -0.39 is 0 Å². The number of benzene rings is 1. The van der Waals surface area contributed by atoms with Crippen LogP contribution >= 0.6 is 11.8 Å². The first-order valence-corrected chi connectivity index (χ1v) is 10.7. The molecule has 156 valence electrons. The zero-order valence-corrected chi connectivity index (χ0v) is 17.9. The lowest BCUT2D eigenvalue weighted by Gasteiger charge is -2.26. The number of nitrogens with one attached hydrogen (secondary N) is 1. The summed E-state index contributed by atoms with van der Waals surface area (Å²) in [6, 6.07) is 11.0. The van der Waals surface area contributed by atoms with E-state index >= 15 is 0 Å². The van der Waals surface area contributed by atoms with E-state index in [0.717, 1.165) is 11.3 Å². The highest BCUT2D eigenvalue weighted by atomic mass is 32.2. The molecule has 0 saturated carbocycles. The predicted molar refractivity (Wildman–Crippen MR) is 113 cm³/mol. The Hall–Kier alpha value is -2.94. The summed E-state index contributed by atoms with van der Waals surface area (Å²) in [6.45, 7) is 6.52. The van der Waals surface area contributed by atoms with Crippen LogP contribution in [0.4, 0.5) is 0 Å². The molecule has 0 saturated heterocycles. The van der Waals surface area contributed by atoms with Gasteiger partial charge in [0, 0.05) is 29.3 Å². The lowest BCUT2D eigenvalue weighted by molar-refractivity contribution is -0.125. The molecule has 2 aromatic heterocycles. The average molecular weight is 426 g/mol. The van der Waals surface area contributed by atoms with Gasteiger partial charge in [0.15, 0.2) is 5.16 Å². The summed E-state index contributed by atoms with van der Waals surface area (Å²) in [4.78, 5) is 34.1. The summed E-state index contributed by atoms with van der Waals surface area (Å²) in [5.41, 5.74) is 1.28. The standard InChI is InChI=1S/C21H23N5O3S/c1-21(2,3)15-9-17(27)26-11-14(12-30-20(26)23-15)19(28)22-10-16-24-18(25-29-16)13-7-5-4-6-8-13/h4-9,14H,10-12H2,1-3H3,(H,22,28). The Kier molecular flexibility index (Phi) is 5.46. The van der Waals surface area contributed by atoms with E-state index in [0.29, 0.717) is 29.2 Å². The monoisotopic (exact) mass is 425 g/mol. The Bertz CT molecular complexity index is 1120. The average Bonchev–Trinajstić information content (AvgIpc) is 3.21. The van der Waals surface area contributed by atoms with Crippen LogP contribution in [0.3, 0.4) is 0 Å². The topological polar surface area (TPSA) is 103 Å². The Morgan fingerprint density at radius 3 is 2.77 bits per heavy atom. The van der Waals surface area contributed by atoms with Crippen molar-refractivity contribution in [1.82, 2.24) is 25.0 Å². The highest BCUT2D eigenvalue weighted by Crippen LogP contribution is 2.28. The Morgan fingerprint density at radius 1 is 1.27 bits per heavy atom. The third kappa shape index (κ3) is 4.30. The van der Waals surface area contributed by atoms with Crippen molar-refractivity contribution in [3.63, 3.8) is 0 Å². The van der Waals surface area contributed by atoms with Crippen LogP contribution in [-0.2, 0) is 23.3 Å². The first-order valence-electron chi connectivity index (χ1n) is 9.72. The van der Waals surface area contributed by atoms with E-state index in [1.165, 1.54) is 11.8 Å². The molecular weight excluding hydrogens is 402 g/mol. The first-order chi connectivity index (χ1) is 14.3. The highest BCUT2D eigenvalue weighted by molar-refractivity contribution is 7.99. The van der Waals surface area contributed by atoms with E-state index in [1.807, 2.05) is 51.1 Å². The van der Waals surface area contributed by atoms with E-state index in [2.05, 4.69) is 20.4 Å². The molecule has 3 heterocycles. The number of fused-ring (bicyclic) bond motifs is 1. The Balaban J connectivity index is 1.40. The minimum absolute atomic E-state index is 0.126. The largest absolute Gasteiger partial charge is 0.347 e. The zero-order chi connectivity index (χ0) is 21.3. The van der Waals surface area contributed by atoms with Crippen LogP contribution in [0.5, 0.6) is 0 Å². The zero-order valence-electron chi connectivity index (χ0n) is 17.1. The maximum absolute atomic E-state index is 12.6. The summed E-state index contributed by atoms with van der Waals surface area (Å²) in [6.07, 6.45) is 0. The van der Waals surface area contributed by atoms with E-state index in [9.17, 15) is 9.59 Å². The molecule has 1 N–H and O–H groups in total.